The molecule has 1 aliphatic rings. The number of hydrogen-bond acceptors (Lipinski definition) is 3. The zero-order valence-electron chi connectivity index (χ0n) is 17.6. The van der Waals surface area contributed by atoms with Gasteiger partial charge in [-0.3, -0.25) is 4.79 Å². The lowest BCUT2D eigenvalue weighted by Crippen LogP contribution is -2.67. The van der Waals surface area contributed by atoms with E-state index in [1.807, 2.05) is 52.9 Å². The van der Waals surface area contributed by atoms with E-state index in [2.05, 4.69) is 5.32 Å². The van der Waals surface area contributed by atoms with Gasteiger partial charge in [-0.2, -0.15) is 0 Å². The molecular weight excluding hydrogens is 544 g/mol. The number of nitrogens with one attached hydrogen (secondary N) is 1. The van der Waals surface area contributed by atoms with Gasteiger partial charge in [0.05, 0.1) is 13.1 Å². The maximum atomic E-state index is 14.7. The van der Waals surface area contributed by atoms with Crippen LogP contribution in [0.25, 0.3) is 0 Å². The summed E-state index contributed by atoms with van der Waals surface area (Å²) in [6.45, 7) is 0.976. The van der Waals surface area contributed by atoms with Gasteiger partial charge in [-0.15, -0.1) is 0 Å². The zero-order chi connectivity index (χ0) is 23.6. The molecule has 0 aliphatic carbocycles. The maximum Gasteiger partial charge on any atom is 0.254 e. The molecule has 2 N–H and O–H groups in total. The SMILES string of the molecule is O=C(c1ccc(F)c(F)c1Cc1ccc(I)cc1F)N1CC(O)(CNCc2ccccc2)C1. The van der Waals surface area contributed by atoms with Crippen molar-refractivity contribution >= 4 is 28.5 Å². The monoisotopic (exact) mass is 566 g/mol. The van der Waals surface area contributed by atoms with Crippen molar-refractivity contribution in [1.82, 2.24) is 10.2 Å². The summed E-state index contributed by atoms with van der Waals surface area (Å²) in [6, 6.07) is 16.3. The van der Waals surface area contributed by atoms with E-state index in [4.69, 9.17) is 0 Å². The predicted octanol–water partition coefficient (Wildman–Crippen LogP) is 4.28. The van der Waals surface area contributed by atoms with E-state index in [1.54, 1.807) is 6.07 Å². The molecular formula is C25H22F3IN2O2. The van der Waals surface area contributed by atoms with Gasteiger partial charge in [-0.05, 0) is 58.0 Å². The first-order valence-electron chi connectivity index (χ1n) is 10.4. The molecule has 0 bridgehead atoms. The van der Waals surface area contributed by atoms with Gasteiger partial charge in [0.15, 0.2) is 11.6 Å². The smallest absolute Gasteiger partial charge is 0.254 e. The van der Waals surface area contributed by atoms with Crippen LogP contribution in [0.2, 0.25) is 0 Å². The van der Waals surface area contributed by atoms with Gasteiger partial charge in [0.2, 0.25) is 0 Å². The Morgan fingerprint density at radius 2 is 1.76 bits per heavy atom. The molecule has 1 amide bonds. The van der Waals surface area contributed by atoms with Crippen LogP contribution < -0.4 is 5.32 Å². The molecule has 0 saturated carbocycles. The summed E-state index contributed by atoms with van der Waals surface area (Å²) in [5, 5.41) is 13.9. The summed E-state index contributed by atoms with van der Waals surface area (Å²) in [5.41, 5.74) is -0.100. The second-order valence-electron chi connectivity index (χ2n) is 8.27. The zero-order valence-corrected chi connectivity index (χ0v) is 19.8. The minimum Gasteiger partial charge on any atom is -0.385 e. The number of halogens is 4. The van der Waals surface area contributed by atoms with Gasteiger partial charge in [0.1, 0.15) is 11.4 Å². The van der Waals surface area contributed by atoms with E-state index >= 15 is 0 Å². The molecule has 0 radical (unpaired) electrons. The number of hydrogen-bond donors (Lipinski definition) is 2. The third-order valence-electron chi connectivity index (χ3n) is 5.69. The molecule has 1 fully saturated rings. The molecule has 3 aromatic rings. The lowest BCUT2D eigenvalue weighted by molar-refractivity contribution is -0.0787. The van der Waals surface area contributed by atoms with Crippen molar-refractivity contribution in [2.75, 3.05) is 19.6 Å². The predicted molar refractivity (Wildman–Crippen MR) is 127 cm³/mol. The van der Waals surface area contributed by atoms with Crippen molar-refractivity contribution in [3.63, 3.8) is 0 Å². The van der Waals surface area contributed by atoms with Gasteiger partial charge in [-0.1, -0.05) is 36.4 Å². The van der Waals surface area contributed by atoms with E-state index in [1.165, 1.54) is 23.1 Å². The van der Waals surface area contributed by atoms with Crippen molar-refractivity contribution in [3.8, 4) is 0 Å². The standard InChI is InChI=1S/C25H22F3IN2O2/c26-21-9-8-19(20(23(21)28)10-17-6-7-18(29)11-22(17)27)24(32)31-14-25(33,15-31)13-30-12-16-4-2-1-3-5-16/h1-9,11,30,33H,10,12-15H2. The molecule has 1 heterocycles. The molecule has 1 saturated heterocycles. The maximum absolute atomic E-state index is 14.7. The second kappa shape index (κ2) is 9.82. The highest BCUT2D eigenvalue weighted by molar-refractivity contribution is 14.1. The largest absolute Gasteiger partial charge is 0.385 e. The van der Waals surface area contributed by atoms with Gasteiger partial charge in [0.25, 0.3) is 5.91 Å². The van der Waals surface area contributed by atoms with Crippen molar-refractivity contribution in [1.29, 1.82) is 0 Å². The number of nitrogens with zero attached hydrogens (tertiary/aromatic N) is 1. The number of β-amino-alcohol motifs (C(OH)–C–C–N with tert-alkyl or cyclic N) is 1. The van der Waals surface area contributed by atoms with E-state index in [9.17, 15) is 23.1 Å². The van der Waals surface area contributed by atoms with Crippen molar-refractivity contribution in [2.45, 2.75) is 18.6 Å². The highest BCUT2D eigenvalue weighted by Gasteiger charge is 2.44. The fourth-order valence-corrected chi connectivity index (χ4v) is 4.40. The number of aliphatic hydroxyl groups is 1. The topological polar surface area (TPSA) is 52.6 Å². The molecule has 172 valence electrons. The minimum absolute atomic E-state index is 0.0360. The Kier molecular flexibility index (Phi) is 7.06. The van der Waals surface area contributed by atoms with Crippen molar-refractivity contribution in [2.24, 2.45) is 0 Å². The first kappa shape index (κ1) is 23.7. The van der Waals surface area contributed by atoms with Gasteiger partial charge in [0, 0.05) is 34.2 Å². The minimum atomic E-state index is -1.17. The number of rotatable bonds is 7. The first-order valence-corrected chi connectivity index (χ1v) is 11.5. The average Bonchev–Trinajstić information content (AvgIpc) is 2.77. The van der Waals surface area contributed by atoms with Crippen molar-refractivity contribution < 1.29 is 23.1 Å². The fraction of sp³-hybridized carbons (Fsp3) is 0.240. The number of carbonyl (C=O) groups is 1. The molecule has 0 aromatic heterocycles. The van der Waals surface area contributed by atoms with Crippen LogP contribution in [0.3, 0.4) is 0 Å². The van der Waals surface area contributed by atoms with Crippen molar-refractivity contribution in [3.05, 3.63) is 104 Å². The number of likely N-dealkylation sites (tertiary alicyclic amines) is 1. The first-order chi connectivity index (χ1) is 15.8. The van der Waals surface area contributed by atoms with E-state index < -0.39 is 29.0 Å². The Hall–Kier alpha value is -2.43. The quantitative estimate of drug-likeness (QED) is 0.421. The highest BCUT2D eigenvalue weighted by Crippen LogP contribution is 2.28. The molecule has 0 atom stereocenters. The summed E-state index contributed by atoms with van der Waals surface area (Å²) in [6.07, 6.45) is -0.260. The summed E-state index contributed by atoms with van der Waals surface area (Å²) < 4.78 is 43.6. The lowest BCUT2D eigenvalue weighted by Gasteiger charge is -2.46. The summed E-state index contributed by atoms with van der Waals surface area (Å²) in [4.78, 5) is 14.4. The van der Waals surface area contributed by atoms with Gasteiger partial charge < -0.3 is 15.3 Å². The van der Waals surface area contributed by atoms with E-state index in [0.717, 1.165) is 11.6 Å². The van der Waals surface area contributed by atoms with Crippen LogP contribution in [0, 0.1) is 21.0 Å². The van der Waals surface area contributed by atoms with E-state index in [0.29, 0.717) is 10.1 Å². The number of amides is 1. The summed E-state index contributed by atoms with van der Waals surface area (Å²) in [5.74, 6) is -3.34. The molecule has 0 spiro atoms. The summed E-state index contributed by atoms with van der Waals surface area (Å²) in [7, 11) is 0. The van der Waals surface area contributed by atoms with Crippen LogP contribution in [0.15, 0.2) is 60.7 Å². The van der Waals surface area contributed by atoms with Crippen LogP contribution in [-0.4, -0.2) is 41.1 Å². The van der Waals surface area contributed by atoms with Crippen LogP contribution in [0.5, 0.6) is 0 Å². The molecule has 4 rings (SSSR count). The van der Waals surface area contributed by atoms with Gasteiger partial charge >= 0.3 is 0 Å². The highest BCUT2D eigenvalue weighted by atomic mass is 127. The summed E-state index contributed by atoms with van der Waals surface area (Å²) >= 11 is 1.96. The normalized spacial score (nSPS) is 14.8. The Balaban J connectivity index is 1.45. The molecule has 1 aliphatic heterocycles. The second-order valence-corrected chi connectivity index (χ2v) is 9.52. The molecule has 3 aromatic carbocycles. The lowest BCUT2D eigenvalue weighted by atomic mass is 9.91. The van der Waals surface area contributed by atoms with Crippen LogP contribution in [0.1, 0.15) is 27.0 Å². The fourth-order valence-electron chi connectivity index (χ4n) is 3.95. The molecule has 8 heteroatoms. The Bertz CT molecular complexity index is 1170. The molecule has 0 unspecified atom stereocenters. The third-order valence-corrected chi connectivity index (χ3v) is 6.36. The van der Waals surface area contributed by atoms with Crippen LogP contribution >= 0.6 is 22.6 Å². The van der Waals surface area contributed by atoms with E-state index in [-0.39, 0.29) is 42.7 Å². The number of benzene rings is 3. The van der Waals surface area contributed by atoms with Crippen LogP contribution in [0.4, 0.5) is 13.2 Å². The van der Waals surface area contributed by atoms with Gasteiger partial charge in [-0.25, -0.2) is 13.2 Å². The molecule has 33 heavy (non-hydrogen) atoms. The average molecular weight is 566 g/mol. The molecule has 4 nitrogen and oxygen atoms in total. The van der Waals surface area contributed by atoms with Crippen LogP contribution in [-0.2, 0) is 13.0 Å². The Morgan fingerprint density at radius 3 is 2.45 bits per heavy atom. The Morgan fingerprint density at radius 1 is 1.03 bits per heavy atom. The Labute approximate surface area is 203 Å². The number of carbonyl (C=O) groups excluding carboxylic acids is 1. The third kappa shape index (κ3) is 5.39.